The molecule has 0 heterocycles. The molecule has 0 aliphatic heterocycles. The van der Waals surface area contributed by atoms with Crippen molar-refractivity contribution >= 4 is 11.6 Å². The van der Waals surface area contributed by atoms with Crippen molar-refractivity contribution < 1.29 is 19.8 Å². The van der Waals surface area contributed by atoms with Crippen molar-refractivity contribution in [2.24, 2.45) is 22.7 Å². The van der Waals surface area contributed by atoms with Gasteiger partial charge in [-0.3, -0.25) is 9.59 Å². The molecular weight excluding hydrogens is 328 g/mol. The predicted molar refractivity (Wildman–Crippen MR) is 100 cm³/mol. The first-order chi connectivity index (χ1) is 12.0. The number of carbonyl (C=O) groups excluding carboxylic acids is 2. The molecule has 144 valence electrons. The van der Waals surface area contributed by atoms with Crippen molar-refractivity contribution in [2.75, 3.05) is 6.61 Å². The third kappa shape index (κ3) is 3.01. The smallest absolute Gasteiger partial charge is 0.188 e. The first-order valence-electron chi connectivity index (χ1n) is 9.83. The molecule has 0 aromatic heterocycles. The van der Waals surface area contributed by atoms with Crippen LogP contribution in [-0.4, -0.2) is 34.0 Å². The Kier molecular flexibility index (Phi) is 4.81. The van der Waals surface area contributed by atoms with Gasteiger partial charge in [-0.1, -0.05) is 39.3 Å². The molecule has 0 amide bonds. The van der Waals surface area contributed by atoms with E-state index in [1.54, 1.807) is 0 Å². The van der Waals surface area contributed by atoms with Crippen molar-refractivity contribution in [1.82, 2.24) is 0 Å². The third-order valence-electron chi connectivity index (χ3n) is 7.61. The number of Topliss-reactive ketones (excluding diaryl/α,β-unsaturated/α-hetero) is 1. The van der Waals surface area contributed by atoms with E-state index in [-0.39, 0.29) is 40.9 Å². The molecule has 4 heteroatoms. The van der Waals surface area contributed by atoms with E-state index in [0.29, 0.717) is 5.92 Å². The van der Waals surface area contributed by atoms with E-state index >= 15 is 0 Å². The van der Waals surface area contributed by atoms with E-state index in [1.165, 1.54) is 6.42 Å². The van der Waals surface area contributed by atoms with Gasteiger partial charge in [0.05, 0.1) is 6.61 Å². The van der Waals surface area contributed by atoms with E-state index in [0.717, 1.165) is 37.3 Å². The quantitative estimate of drug-likeness (QED) is 0.757. The molecule has 3 aliphatic carbocycles. The van der Waals surface area contributed by atoms with Crippen LogP contribution < -0.4 is 0 Å². The Morgan fingerprint density at radius 1 is 1.23 bits per heavy atom. The summed E-state index contributed by atoms with van der Waals surface area (Å²) in [6.45, 7) is 10.8. The minimum atomic E-state index is -1.67. The average Bonchev–Trinajstić information content (AvgIpc) is 2.54. The fourth-order valence-corrected chi connectivity index (χ4v) is 6.13. The largest absolute Gasteiger partial charge is 0.392 e. The topological polar surface area (TPSA) is 74.6 Å². The lowest BCUT2D eigenvalue weighted by Gasteiger charge is -2.58. The molecule has 0 spiro atoms. The second-order valence-corrected chi connectivity index (χ2v) is 9.68. The summed E-state index contributed by atoms with van der Waals surface area (Å²) in [5.41, 5.74) is -0.227. The Morgan fingerprint density at radius 2 is 1.92 bits per heavy atom. The molecule has 0 bridgehead atoms. The lowest BCUT2D eigenvalue weighted by Crippen LogP contribution is -2.53. The van der Waals surface area contributed by atoms with Gasteiger partial charge in [-0.05, 0) is 60.8 Å². The van der Waals surface area contributed by atoms with Crippen LogP contribution >= 0.6 is 0 Å². The van der Waals surface area contributed by atoms with Crippen LogP contribution in [0.4, 0.5) is 0 Å². The summed E-state index contributed by atoms with van der Waals surface area (Å²) in [5, 5.41) is 20.3. The van der Waals surface area contributed by atoms with Gasteiger partial charge in [-0.15, -0.1) is 0 Å². The van der Waals surface area contributed by atoms with Gasteiger partial charge in [-0.2, -0.15) is 0 Å². The maximum Gasteiger partial charge on any atom is 0.188 e. The summed E-state index contributed by atoms with van der Waals surface area (Å²) in [7, 11) is 0. The molecule has 0 saturated heterocycles. The lowest BCUT2D eigenvalue weighted by atomic mass is 9.46. The van der Waals surface area contributed by atoms with Crippen LogP contribution in [0.2, 0.25) is 0 Å². The predicted octanol–water partition coefficient (Wildman–Crippen LogP) is 3.37. The van der Waals surface area contributed by atoms with Crippen molar-refractivity contribution in [3.8, 4) is 0 Å². The molecule has 1 unspecified atom stereocenters. The van der Waals surface area contributed by atoms with E-state index in [9.17, 15) is 19.8 Å². The Balaban J connectivity index is 1.92. The first kappa shape index (κ1) is 19.5. The summed E-state index contributed by atoms with van der Waals surface area (Å²) in [4.78, 5) is 24.8. The number of hydrogen-bond acceptors (Lipinski definition) is 4. The highest BCUT2D eigenvalue weighted by Gasteiger charge is 2.55. The average molecular weight is 360 g/mol. The molecule has 2 saturated carbocycles. The van der Waals surface area contributed by atoms with Crippen LogP contribution in [0.15, 0.2) is 23.8 Å². The third-order valence-corrected chi connectivity index (χ3v) is 7.61. The molecular formula is C22H32O4. The van der Waals surface area contributed by atoms with Gasteiger partial charge in [-0.25, -0.2) is 0 Å². The molecule has 0 aromatic carbocycles. The highest BCUT2D eigenvalue weighted by molar-refractivity contribution is 6.12. The van der Waals surface area contributed by atoms with E-state index in [4.69, 9.17) is 0 Å². The van der Waals surface area contributed by atoms with Gasteiger partial charge < -0.3 is 10.2 Å². The van der Waals surface area contributed by atoms with E-state index in [2.05, 4.69) is 27.4 Å². The summed E-state index contributed by atoms with van der Waals surface area (Å²) in [5.74, 6) is -0.219. The molecule has 26 heavy (non-hydrogen) atoms. The monoisotopic (exact) mass is 360 g/mol. The Labute approximate surface area is 156 Å². The zero-order chi connectivity index (χ0) is 19.3. The molecule has 0 aromatic rings. The van der Waals surface area contributed by atoms with Crippen molar-refractivity contribution in [3.63, 3.8) is 0 Å². The minimum Gasteiger partial charge on any atom is -0.392 e. The number of rotatable bonds is 3. The van der Waals surface area contributed by atoms with Crippen molar-refractivity contribution in [2.45, 2.75) is 71.3 Å². The van der Waals surface area contributed by atoms with Crippen LogP contribution in [0, 0.1) is 22.7 Å². The molecule has 0 radical (unpaired) electrons. The number of hydrogen-bond donors (Lipinski definition) is 2. The molecule has 2 N–H and O–H groups in total. The number of fused-ring (bicyclic) bond motifs is 1. The molecule has 4 atom stereocenters. The van der Waals surface area contributed by atoms with E-state index < -0.39 is 18.0 Å². The fourth-order valence-electron chi connectivity index (χ4n) is 6.13. The summed E-state index contributed by atoms with van der Waals surface area (Å²) in [6.07, 6.45) is 6.62. The highest BCUT2D eigenvalue weighted by Crippen LogP contribution is 2.62. The maximum absolute atomic E-state index is 12.6. The van der Waals surface area contributed by atoms with Gasteiger partial charge >= 0.3 is 0 Å². The van der Waals surface area contributed by atoms with Crippen LogP contribution in [-0.2, 0) is 9.59 Å². The number of carbonyl (C=O) groups is 2. The second-order valence-electron chi connectivity index (χ2n) is 9.68. The minimum absolute atomic E-state index is 0.00287. The van der Waals surface area contributed by atoms with Crippen molar-refractivity contribution in [3.05, 3.63) is 23.8 Å². The number of aliphatic hydroxyl groups excluding tert-OH is 1. The normalized spacial score (nSPS) is 40.2. The van der Waals surface area contributed by atoms with E-state index in [1.807, 2.05) is 0 Å². The van der Waals surface area contributed by atoms with Crippen LogP contribution in [0.1, 0.15) is 65.7 Å². The Hall–Kier alpha value is -1.26. The highest BCUT2D eigenvalue weighted by atomic mass is 16.3. The lowest BCUT2D eigenvalue weighted by molar-refractivity contribution is -0.145. The van der Waals surface area contributed by atoms with Crippen molar-refractivity contribution in [1.29, 1.82) is 0 Å². The first-order valence-corrected chi connectivity index (χ1v) is 9.83. The SMILES string of the molecule is C=C1CC[C@H]2C(C)(C)CCC[C@]2(C)[C@H]1CC1(O)CC(=O)C(CO)=CC1=O. The molecule has 2 fully saturated rings. The zero-order valence-corrected chi connectivity index (χ0v) is 16.3. The van der Waals surface area contributed by atoms with Crippen LogP contribution in [0.3, 0.4) is 0 Å². The standard InChI is InChI=1S/C22H32O4/c1-14-6-7-18-20(2,3)8-5-9-21(18,4)16(14)11-22(26)12-17(24)15(13-23)10-19(22)25/h10,16,18,23,26H,1,5-9,11-13H2,2-4H3/t16-,18-,21+,22?/m0/s1. The van der Waals surface area contributed by atoms with Gasteiger partial charge in [0.1, 0.15) is 5.60 Å². The van der Waals surface area contributed by atoms with Gasteiger partial charge in [0, 0.05) is 12.0 Å². The number of allylic oxidation sites excluding steroid dienone is 1. The Bertz CT molecular complexity index is 674. The molecule has 4 nitrogen and oxygen atoms in total. The molecule has 3 aliphatic rings. The number of ketones is 2. The molecule has 3 rings (SSSR count). The summed E-state index contributed by atoms with van der Waals surface area (Å²) in [6, 6.07) is 0. The van der Waals surface area contributed by atoms with Gasteiger partial charge in [0.15, 0.2) is 11.6 Å². The summed E-state index contributed by atoms with van der Waals surface area (Å²) < 4.78 is 0. The fraction of sp³-hybridized carbons (Fsp3) is 0.727. The second kappa shape index (κ2) is 6.42. The Morgan fingerprint density at radius 3 is 2.58 bits per heavy atom. The van der Waals surface area contributed by atoms with Gasteiger partial charge in [0.2, 0.25) is 0 Å². The maximum atomic E-state index is 12.6. The summed E-state index contributed by atoms with van der Waals surface area (Å²) >= 11 is 0. The van der Waals surface area contributed by atoms with Crippen LogP contribution in [0.5, 0.6) is 0 Å². The number of aliphatic hydroxyl groups is 2. The van der Waals surface area contributed by atoms with Crippen LogP contribution in [0.25, 0.3) is 0 Å². The zero-order valence-electron chi connectivity index (χ0n) is 16.3. The van der Waals surface area contributed by atoms with Gasteiger partial charge in [0.25, 0.3) is 0 Å².